The summed E-state index contributed by atoms with van der Waals surface area (Å²) in [6.45, 7) is 0. The van der Waals surface area contributed by atoms with Crippen LogP contribution >= 0.6 is 0 Å². The van der Waals surface area contributed by atoms with E-state index in [0.717, 1.165) is 10.9 Å². The lowest BCUT2D eigenvalue weighted by Gasteiger charge is -1.96. The van der Waals surface area contributed by atoms with Gasteiger partial charge >= 0.3 is 5.97 Å². The summed E-state index contributed by atoms with van der Waals surface area (Å²) < 4.78 is 4.66. The van der Waals surface area contributed by atoms with Crippen molar-refractivity contribution in [3.8, 4) is 0 Å². The zero-order valence-corrected chi connectivity index (χ0v) is 12.7. The Labute approximate surface area is 136 Å². The summed E-state index contributed by atoms with van der Waals surface area (Å²) in [7, 11) is 1.31. The van der Waals surface area contributed by atoms with Crippen LogP contribution < -0.4 is 0 Å². The van der Waals surface area contributed by atoms with Crippen molar-refractivity contribution in [1.29, 1.82) is 0 Å². The number of nitro benzene ring substituents is 1. The lowest BCUT2D eigenvalue weighted by molar-refractivity contribution is -0.384. The van der Waals surface area contributed by atoms with Gasteiger partial charge in [0.15, 0.2) is 0 Å². The number of methoxy groups -OCH3 is 1. The number of benzene rings is 1. The standard InChI is InChI=1S/C17H13N3O4/c1-24-17(21)15-9-13-7-12(10-18-16(13)19-15)6-5-11-3-2-4-14(8-11)20(22)23/h2-10H,1H3,(H,18,19). The van der Waals surface area contributed by atoms with Gasteiger partial charge in [0.1, 0.15) is 11.3 Å². The van der Waals surface area contributed by atoms with Crippen molar-refractivity contribution >= 4 is 34.8 Å². The molecule has 1 aromatic carbocycles. The second kappa shape index (κ2) is 6.33. The van der Waals surface area contributed by atoms with Gasteiger partial charge in [-0.25, -0.2) is 9.78 Å². The zero-order valence-electron chi connectivity index (χ0n) is 12.7. The number of hydrogen-bond donors (Lipinski definition) is 1. The highest BCUT2D eigenvalue weighted by molar-refractivity contribution is 5.94. The maximum Gasteiger partial charge on any atom is 0.354 e. The fraction of sp³-hybridized carbons (Fsp3) is 0.0588. The van der Waals surface area contributed by atoms with Crippen molar-refractivity contribution in [2.75, 3.05) is 7.11 Å². The van der Waals surface area contributed by atoms with Gasteiger partial charge in [-0.3, -0.25) is 10.1 Å². The highest BCUT2D eigenvalue weighted by atomic mass is 16.6. The molecule has 0 spiro atoms. The summed E-state index contributed by atoms with van der Waals surface area (Å²) in [6, 6.07) is 9.88. The maximum absolute atomic E-state index is 11.5. The first-order valence-electron chi connectivity index (χ1n) is 7.06. The molecule has 24 heavy (non-hydrogen) atoms. The molecular weight excluding hydrogens is 310 g/mol. The van der Waals surface area contributed by atoms with Crippen LogP contribution in [-0.2, 0) is 4.74 Å². The molecule has 0 fully saturated rings. The number of esters is 1. The molecule has 7 heteroatoms. The van der Waals surface area contributed by atoms with E-state index in [-0.39, 0.29) is 5.69 Å². The monoisotopic (exact) mass is 323 g/mol. The average molecular weight is 323 g/mol. The molecule has 2 aromatic heterocycles. The van der Waals surface area contributed by atoms with E-state index in [1.165, 1.54) is 19.2 Å². The van der Waals surface area contributed by atoms with Gasteiger partial charge in [0.05, 0.1) is 12.0 Å². The number of hydrogen-bond acceptors (Lipinski definition) is 5. The summed E-state index contributed by atoms with van der Waals surface area (Å²) >= 11 is 0. The smallest absolute Gasteiger partial charge is 0.354 e. The molecular formula is C17H13N3O4. The summed E-state index contributed by atoms with van der Waals surface area (Å²) in [5, 5.41) is 11.6. The predicted octanol–water partition coefficient (Wildman–Crippen LogP) is 3.43. The molecule has 0 aliphatic rings. The number of rotatable bonds is 4. The molecule has 1 N–H and O–H groups in total. The first kappa shape index (κ1) is 15.4. The molecule has 7 nitrogen and oxygen atoms in total. The van der Waals surface area contributed by atoms with Gasteiger partial charge in [-0.15, -0.1) is 0 Å². The lowest BCUT2D eigenvalue weighted by atomic mass is 10.1. The van der Waals surface area contributed by atoms with Gasteiger partial charge in [-0.05, 0) is 23.3 Å². The predicted molar refractivity (Wildman–Crippen MR) is 89.5 cm³/mol. The fourth-order valence-electron chi connectivity index (χ4n) is 2.28. The fourth-order valence-corrected chi connectivity index (χ4v) is 2.28. The second-order valence-corrected chi connectivity index (χ2v) is 5.07. The minimum absolute atomic E-state index is 0.0408. The number of pyridine rings is 1. The van der Waals surface area contributed by atoms with Crippen LogP contribution in [0.5, 0.6) is 0 Å². The minimum atomic E-state index is -0.457. The summed E-state index contributed by atoms with van der Waals surface area (Å²) in [5.74, 6) is -0.457. The Morgan fingerprint density at radius 2 is 2.04 bits per heavy atom. The largest absolute Gasteiger partial charge is 0.464 e. The Bertz CT molecular complexity index is 959. The molecule has 0 unspecified atom stereocenters. The van der Waals surface area contributed by atoms with Crippen molar-refractivity contribution in [1.82, 2.24) is 9.97 Å². The van der Waals surface area contributed by atoms with Gasteiger partial charge in [-0.1, -0.05) is 24.3 Å². The number of non-ortho nitro benzene ring substituents is 1. The van der Waals surface area contributed by atoms with E-state index < -0.39 is 10.9 Å². The van der Waals surface area contributed by atoms with Crippen LogP contribution in [0.4, 0.5) is 5.69 Å². The highest BCUT2D eigenvalue weighted by Gasteiger charge is 2.10. The third kappa shape index (κ3) is 3.14. The average Bonchev–Trinajstić information content (AvgIpc) is 3.02. The number of ether oxygens (including phenoxy) is 1. The molecule has 0 saturated heterocycles. The molecule has 3 rings (SSSR count). The lowest BCUT2D eigenvalue weighted by Crippen LogP contribution is -2.00. The van der Waals surface area contributed by atoms with Crippen molar-refractivity contribution < 1.29 is 14.5 Å². The van der Waals surface area contributed by atoms with E-state index in [4.69, 9.17) is 0 Å². The topological polar surface area (TPSA) is 98.1 Å². The second-order valence-electron chi connectivity index (χ2n) is 5.07. The van der Waals surface area contributed by atoms with Crippen LogP contribution in [0.3, 0.4) is 0 Å². The third-order valence-electron chi connectivity index (χ3n) is 3.45. The van der Waals surface area contributed by atoms with Crippen LogP contribution in [-0.4, -0.2) is 28.0 Å². The van der Waals surface area contributed by atoms with Crippen LogP contribution in [0.15, 0.2) is 42.6 Å². The Balaban J connectivity index is 1.88. The van der Waals surface area contributed by atoms with Crippen molar-refractivity contribution in [3.63, 3.8) is 0 Å². The molecule has 0 bridgehead atoms. The number of aromatic amines is 1. The van der Waals surface area contributed by atoms with Crippen LogP contribution in [0.1, 0.15) is 21.6 Å². The van der Waals surface area contributed by atoms with Gasteiger partial charge in [0.25, 0.3) is 5.69 Å². The van der Waals surface area contributed by atoms with E-state index in [9.17, 15) is 14.9 Å². The molecule has 0 amide bonds. The Morgan fingerprint density at radius 1 is 1.25 bits per heavy atom. The Hall–Kier alpha value is -3.48. The number of H-pyrrole nitrogens is 1. The number of carbonyl (C=O) groups excluding carboxylic acids is 1. The third-order valence-corrected chi connectivity index (χ3v) is 3.45. The van der Waals surface area contributed by atoms with E-state index in [2.05, 4.69) is 14.7 Å². The summed E-state index contributed by atoms with van der Waals surface area (Å²) in [4.78, 5) is 29.0. The minimum Gasteiger partial charge on any atom is -0.464 e. The Morgan fingerprint density at radius 3 is 2.79 bits per heavy atom. The molecule has 0 aliphatic heterocycles. The molecule has 0 atom stereocenters. The SMILES string of the molecule is COC(=O)c1cc2cc(C=Cc3cccc([N+](=O)[O-])c3)cnc2[nH]1. The maximum atomic E-state index is 11.5. The van der Waals surface area contributed by atoms with Crippen molar-refractivity contribution in [3.05, 3.63) is 69.5 Å². The van der Waals surface area contributed by atoms with Gasteiger partial charge in [0.2, 0.25) is 0 Å². The van der Waals surface area contributed by atoms with E-state index >= 15 is 0 Å². The van der Waals surface area contributed by atoms with Gasteiger partial charge < -0.3 is 9.72 Å². The molecule has 2 heterocycles. The van der Waals surface area contributed by atoms with Crippen molar-refractivity contribution in [2.45, 2.75) is 0 Å². The van der Waals surface area contributed by atoms with E-state index in [1.807, 2.05) is 6.07 Å². The van der Waals surface area contributed by atoms with Gasteiger partial charge in [-0.2, -0.15) is 0 Å². The van der Waals surface area contributed by atoms with Crippen LogP contribution in [0.25, 0.3) is 23.2 Å². The molecule has 0 radical (unpaired) electrons. The first-order valence-corrected chi connectivity index (χ1v) is 7.06. The first-order chi connectivity index (χ1) is 11.6. The zero-order chi connectivity index (χ0) is 17.1. The number of nitrogens with zero attached hydrogens (tertiary/aromatic N) is 2. The summed E-state index contributed by atoms with van der Waals surface area (Å²) in [5.41, 5.74) is 2.49. The number of nitrogens with one attached hydrogen (secondary N) is 1. The number of fused-ring (bicyclic) bond motifs is 1. The van der Waals surface area contributed by atoms with Crippen LogP contribution in [0.2, 0.25) is 0 Å². The Kier molecular flexibility index (Phi) is 4.07. The van der Waals surface area contributed by atoms with Crippen molar-refractivity contribution in [2.24, 2.45) is 0 Å². The molecule has 0 saturated carbocycles. The molecule has 0 aliphatic carbocycles. The number of carbonyl (C=O) groups is 1. The normalized spacial score (nSPS) is 11.0. The van der Waals surface area contributed by atoms with Gasteiger partial charge in [0, 0.05) is 23.7 Å². The molecule has 120 valence electrons. The highest BCUT2D eigenvalue weighted by Crippen LogP contribution is 2.18. The van der Waals surface area contributed by atoms with E-state index in [0.29, 0.717) is 16.9 Å². The molecule has 3 aromatic rings. The quantitative estimate of drug-likeness (QED) is 0.450. The van der Waals surface area contributed by atoms with Crippen LogP contribution in [0, 0.1) is 10.1 Å². The summed E-state index contributed by atoms with van der Waals surface area (Å²) in [6.07, 6.45) is 5.22. The number of aromatic nitrogens is 2. The number of nitro groups is 1. The van der Waals surface area contributed by atoms with E-state index in [1.54, 1.807) is 36.5 Å².